The third-order valence-electron chi connectivity index (χ3n) is 11.4. The predicted octanol–water partition coefficient (Wildman–Crippen LogP) is -3.95. The van der Waals surface area contributed by atoms with Crippen molar-refractivity contribution in [2.45, 2.75) is 162 Å². The van der Waals surface area contributed by atoms with Gasteiger partial charge in [-0.3, -0.25) is 9.59 Å². The Morgan fingerprint density at radius 2 is 1.43 bits per heavy atom. The number of aliphatic hydroxyl groups excluding tert-OH is 9. The van der Waals surface area contributed by atoms with Crippen molar-refractivity contribution in [1.82, 2.24) is 10.6 Å². The number of unbranched alkanes of at least 4 members (excludes halogenated alkanes) is 5. The number of amides is 2. The van der Waals surface area contributed by atoms with Gasteiger partial charge in [-0.25, -0.2) is 9.59 Å². The Labute approximate surface area is 383 Å². The number of hydrogen-bond donors (Lipinski definition) is 14. The monoisotopic (exact) mass is 968 g/mol. The number of carbonyl (C=O) groups is 4. The van der Waals surface area contributed by atoms with Gasteiger partial charge in [-0.1, -0.05) is 25.7 Å². The first-order chi connectivity index (χ1) is 31.8. The van der Waals surface area contributed by atoms with Crippen LogP contribution in [0.3, 0.4) is 0 Å². The maximum Gasteiger partial charge on any atom is 0.407 e. The van der Waals surface area contributed by atoms with E-state index in [0.717, 1.165) is 32.3 Å². The van der Waals surface area contributed by atoms with Crippen molar-refractivity contribution >= 4 is 23.9 Å². The Morgan fingerprint density at radius 3 is 2.03 bits per heavy atom. The van der Waals surface area contributed by atoms with Crippen LogP contribution in [-0.2, 0) is 58.9 Å². The van der Waals surface area contributed by atoms with Gasteiger partial charge in [0.25, 0.3) is 5.79 Å². The van der Waals surface area contributed by atoms with Gasteiger partial charge in [0.1, 0.15) is 85.2 Å². The number of aliphatic carboxylic acids is 1. The van der Waals surface area contributed by atoms with Gasteiger partial charge in [0.05, 0.1) is 39.1 Å². The number of carboxylic acid groups (broad SMARTS) is 1. The number of methoxy groups -OCH3 is 1. The van der Waals surface area contributed by atoms with Crippen LogP contribution in [0.1, 0.15) is 63.9 Å². The molecule has 382 valence electrons. The Balaban J connectivity index is 1.56. The SMILES string of the molecule is COC(=O)CCCCCCCCO[C@@H]1OC(CO)[C@H](OC2OC(CO)[C@@H](O)C(O[C@]3(C(=O)O)CC(O)[C@@H](NC(C)=O)C(C(O)C(O)CO)O3)C2O)C(O)C1NC(=O)OCc1cc(O)cc(O)c1. The molecule has 0 radical (unpaired) electrons. The highest BCUT2D eigenvalue weighted by atomic mass is 16.8. The Morgan fingerprint density at radius 1 is 0.806 bits per heavy atom. The molecule has 3 fully saturated rings. The number of phenols is 2. The van der Waals surface area contributed by atoms with Gasteiger partial charge < -0.3 is 110 Å². The normalized spacial score (nSPS) is 33.0. The first-order valence-electron chi connectivity index (χ1n) is 21.7. The van der Waals surface area contributed by atoms with Crippen molar-refractivity contribution in [2.24, 2.45) is 0 Å². The minimum Gasteiger partial charge on any atom is -0.508 e. The van der Waals surface area contributed by atoms with Gasteiger partial charge in [-0.05, 0) is 30.5 Å². The number of esters is 1. The Kier molecular flexibility index (Phi) is 21.6. The van der Waals surface area contributed by atoms with E-state index in [1.54, 1.807) is 0 Å². The summed E-state index contributed by atoms with van der Waals surface area (Å²) in [6, 6.07) is 0.293. The molecule has 67 heavy (non-hydrogen) atoms. The van der Waals surface area contributed by atoms with Crippen molar-refractivity contribution in [3.63, 3.8) is 0 Å². The van der Waals surface area contributed by atoms with E-state index in [0.29, 0.717) is 25.7 Å². The van der Waals surface area contributed by atoms with Crippen molar-refractivity contribution in [3.05, 3.63) is 23.8 Å². The highest BCUT2D eigenvalue weighted by molar-refractivity contribution is 5.76. The number of hydrogen-bond acceptors (Lipinski definition) is 23. The summed E-state index contributed by atoms with van der Waals surface area (Å²) in [7, 11) is 1.31. The first kappa shape index (κ1) is 55.5. The third-order valence-corrected chi connectivity index (χ3v) is 11.4. The molecule has 26 heteroatoms. The number of nitrogens with one attached hydrogen (secondary N) is 2. The van der Waals surface area contributed by atoms with Crippen molar-refractivity contribution in [1.29, 1.82) is 0 Å². The molecule has 16 atom stereocenters. The Hall–Kier alpha value is -4.10. The van der Waals surface area contributed by atoms with Gasteiger partial charge in [-0.15, -0.1) is 0 Å². The molecular weight excluding hydrogens is 904 g/mol. The molecule has 26 nitrogen and oxygen atoms in total. The quantitative estimate of drug-likeness (QED) is 0.0347. The van der Waals surface area contributed by atoms with Crippen LogP contribution in [0.5, 0.6) is 11.5 Å². The molecule has 1 aromatic carbocycles. The van der Waals surface area contributed by atoms with E-state index in [-0.39, 0.29) is 29.6 Å². The minimum atomic E-state index is -3.10. The fourth-order valence-electron chi connectivity index (χ4n) is 7.91. The molecule has 2 amide bonds. The molecule has 3 aliphatic heterocycles. The van der Waals surface area contributed by atoms with Crippen molar-refractivity contribution < 1.29 is 118 Å². The minimum absolute atomic E-state index is 0.0169. The number of aliphatic hydroxyl groups is 9. The topological polar surface area (TPSA) is 409 Å². The summed E-state index contributed by atoms with van der Waals surface area (Å²) < 4.78 is 44.7. The number of benzene rings is 1. The molecule has 0 bridgehead atoms. The number of rotatable bonds is 24. The smallest absolute Gasteiger partial charge is 0.407 e. The summed E-state index contributed by atoms with van der Waals surface area (Å²) in [4.78, 5) is 49.5. The summed E-state index contributed by atoms with van der Waals surface area (Å²) in [5.41, 5.74) is 0.174. The van der Waals surface area contributed by atoms with Crippen LogP contribution >= 0.6 is 0 Å². The fourth-order valence-corrected chi connectivity index (χ4v) is 7.91. The lowest BCUT2D eigenvalue weighted by Crippen LogP contribution is -2.71. The lowest BCUT2D eigenvalue weighted by molar-refractivity contribution is -0.382. The zero-order valence-electron chi connectivity index (χ0n) is 36.9. The van der Waals surface area contributed by atoms with Crippen LogP contribution in [-0.4, -0.2) is 216 Å². The Bertz CT molecular complexity index is 1720. The van der Waals surface area contributed by atoms with Crippen LogP contribution in [0, 0.1) is 0 Å². The highest BCUT2D eigenvalue weighted by Crippen LogP contribution is 2.38. The molecule has 4 rings (SSSR count). The van der Waals surface area contributed by atoms with Crippen LogP contribution in [0.15, 0.2) is 18.2 Å². The zero-order chi connectivity index (χ0) is 49.6. The second-order valence-electron chi connectivity index (χ2n) is 16.4. The molecule has 3 saturated heterocycles. The van der Waals surface area contributed by atoms with Crippen LogP contribution in [0.25, 0.3) is 0 Å². The van der Waals surface area contributed by atoms with E-state index in [9.17, 15) is 80.5 Å². The van der Waals surface area contributed by atoms with Crippen LogP contribution in [0.4, 0.5) is 4.79 Å². The van der Waals surface area contributed by atoms with E-state index in [1.807, 2.05) is 0 Å². The lowest BCUT2D eigenvalue weighted by Gasteiger charge is -2.50. The average Bonchev–Trinajstić information content (AvgIpc) is 3.28. The molecule has 1 aromatic rings. The van der Waals surface area contributed by atoms with Crippen molar-refractivity contribution in [3.8, 4) is 11.5 Å². The lowest BCUT2D eigenvalue weighted by atomic mass is 9.88. The van der Waals surface area contributed by atoms with E-state index >= 15 is 0 Å². The number of carboxylic acids is 1. The number of aromatic hydroxyl groups is 2. The first-order valence-corrected chi connectivity index (χ1v) is 21.7. The molecular formula is C41H64N2O24. The standard InChI is InChI=1S/C41H64N2O24/c1-19(47)42-28-23(50)14-41(39(57)58,66-35(28)30(53)24(51)15-44)67-36-31(54)25(16-45)63-38(33(36)56)65-34-26(17-46)64-37(61-10-8-6-4-3-5-7-9-27(52)60-2)29(32(34)55)43-40(59)62-18-20-11-21(48)13-22(49)12-20/h11-13,23-26,28-38,44-46,48-51,53-56H,3-10,14-18H2,1-2H3,(H,42,47)(H,43,59)(H,57,58)/t23?,24?,25?,26?,28-,29?,30?,31-,32?,33?,34+,35?,36?,37-,38?,41+/m1/s1. The van der Waals surface area contributed by atoms with Gasteiger partial charge >= 0.3 is 18.0 Å². The van der Waals surface area contributed by atoms with Gasteiger partial charge in [-0.2, -0.15) is 0 Å². The van der Waals surface area contributed by atoms with Gasteiger partial charge in [0, 0.05) is 32.4 Å². The van der Waals surface area contributed by atoms with Gasteiger partial charge in [0.15, 0.2) is 12.6 Å². The maximum atomic E-state index is 13.2. The molecule has 0 aliphatic carbocycles. The van der Waals surface area contributed by atoms with Gasteiger partial charge in [0.2, 0.25) is 5.91 Å². The molecule has 0 saturated carbocycles. The summed E-state index contributed by atoms with van der Waals surface area (Å²) in [5.74, 6) is -6.84. The predicted molar refractivity (Wildman–Crippen MR) is 219 cm³/mol. The summed E-state index contributed by atoms with van der Waals surface area (Å²) in [6.07, 6.45) is -23.0. The number of ether oxygens (including phenoxy) is 8. The zero-order valence-corrected chi connectivity index (χ0v) is 36.9. The largest absolute Gasteiger partial charge is 0.508 e. The maximum absolute atomic E-state index is 13.2. The van der Waals surface area contributed by atoms with E-state index in [2.05, 4.69) is 15.4 Å². The van der Waals surface area contributed by atoms with Crippen molar-refractivity contribution in [2.75, 3.05) is 33.5 Å². The molecule has 14 N–H and O–H groups in total. The fraction of sp³-hybridized carbons (Fsp3) is 0.756. The molecule has 3 heterocycles. The summed E-state index contributed by atoms with van der Waals surface area (Å²) >= 11 is 0. The average molecular weight is 969 g/mol. The van der Waals surface area contributed by atoms with E-state index < -0.39 is 148 Å². The van der Waals surface area contributed by atoms with E-state index in [4.69, 9.17) is 33.2 Å². The second kappa shape index (κ2) is 26.0. The van der Waals surface area contributed by atoms with Crippen LogP contribution < -0.4 is 10.6 Å². The number of carbonyl (C=O) groups excluding carboxylic acids is 3. The molecule has 0 spiro atoms. The summed E-state index contributed by atoms with van der Waals surface area (Å²) in [6.45, 7) is -2.45. The second-order valence-corrected chi connectivity index (χ2v) is 16.4. The number of phenolic OH excluding ortho intramolecular Hbond substituents is 2. The molecule has 0 aromatic heterocycles. The van der Waals surface area contributed by atoms with E-state index in [1.165, 1.54) is 19.2 Å². The highest BCUT2D eigenvalue weighted by Gasteiger charge is 2.60. The summed E-state index contributed by atoms with van der Waals surface area (Å²) in [5, 5.41) is 132. The third kappa shape index (κ3) is 14.9. The van der Waals surface area contributed by atoms with Crippen LogP contribution in [0.2, 0.25) is 0 Å². The number of alkyl carbamates (subject to hydrolysis) is 1. The molecule has 11 unspecified atom stereocenters. The molecule has 3 aliphatic rings.